The highest BCUT2D eigenvalue weighted by molar-refractivity contribution is 5.99. The Kier molecular flexibility index (Phi) is 2.57. The number of nitrogens with two attached hydrogens (primary N) is 2. The van der Waals surface area contributed by atoms with Crippen LogP contribution in [0.25, 0.3) is 0 Å². The van der Waals surface area contributed by atoms with Gasteiger partial charge in [0.15, 0.2) is 0 Å². The normalized spacial score (nSPS) is 11.5. The minimum Gasteiger partial charge on any atom is -0.396 e. The Bertz CT molecular complexity index is 414. The first-order valence-corrected chi connectivity index (χ1v) is 3.70. The molecule has 0 saturated carbocycles. The number of carbonyl (C=O) groups is 1. The second-order valence-electron chi connectivity index (χ2n) is 2.75. The summed E-state index contributed by atoms with van der Waals surface area (Å²) in [7, 11) is 0. The van der Waals surface area contributed by atoms with Crippen LogP contribution in [0.2, 0.25) is 0 Å². The van der Waals surface area contributed by atoms with Gasteiger partial charge >= 0.3 is 6.18 Å². The Morgan fingerprint density at radius 2 is 1.80 bits per heavy atom. The van der Waals surface area contributed by atoms with E-state index < -0.39 is 34.7 Å². The third-order valence-corrected chi connectivity index (χ3v) is 1.74. The van der Waals surface area contributed by atoms with Crippen LogP contribution in [0.15, 0.2) is 12.1 Å². The van der Waals surface area contributed by atoms with Crippen LogP contribution in [0.3, 0.4) is 0 Å². The predicted octanol–water partition coefficient (Wildman–Crippen LogP) is 1.53. The number of hydrogen-bond acceptors (Lipinski definition) is 2. The predicted molar refractivity (Wildman–Crippen MR) is 44.3 cm³/mol. The molecule has 1 amide bonds. The van der Waals surface area contributed by atoms with Crippen LogP contribution in [0, 0.1) is 5.82 Å². The zero-order chi connectivity index (χ0) is 11.8. The maximum Gasteiger partial charge on any atom is 0.417 e. The van der Waals surface area contributed by atoms with Crippen molar-refractivity contribution in [3.05, 3.63) is 29.1 Å². The molecule has 1 aromatic rings. The maximum absolute atomic E-state index is 12.8. The first-order chi connectivity index (χ1) is 6.75. The fourth-order valence-electron chi connectivity index (χ4n) is 1.10. The molecule has 0 aliphatic heterocycles. The number of rotatable bonds is 1. The fourth-order valence-corrected chi connectivity index (χ4v) is 1.10. The number of carbonyl (C=O) groups excluding carboxylic acids is 1. The summed E-state index contributed by atoms with van der Waals surface area (Å²) in [6, 6.07) is 0.955. The molecule has 82 valence electrons. The number of halogens is 4. The van der Waals surface area contributed by atoms with Crippen molar-refractivity contribution in [1.29, 1.82) is 0 Å². The first-order valence-electron chi connectivity index (χ1n) is 3.70. The smallest absolute Gasteiger partial charge is 0.396 e. The summed E-state index contributed by atoms with van der Waals surface area (Å²) in [5, 5.41) is 0. The summed E-state index contributed by atoms with van der Waals surface area (Å²) in [6.45, 7) is 0. The van der Waals surface area contributed by atoms with E-state index in [1.54, 1.807) is 0 Å². The minimum absolute atomic E-state index is 0.422. The van der Waals surface area contributed by atoms with Gasteiger partial charge in [-0.05, 0) is 12.1 Å². The Labute approximate surface area is 81.7 Å². The minimum atomic E-state index is -4.80. The first kappa shape index (κ1) is 11.3. The molecule has 15 heavy (non-hydrogen) atoms. The van der Waals surface area contributed by atoms with Gasteiger partial charge in [-0.15, -0.1) is 0 Å². The van der Waals surface area contributed by atoms with E-state index in [0.29, 0.717) is 12.1 Å². The SMILES string of the molecule is NC(=O)c1c(C(F)(F)F)ccc(F)c1N. The van der Waals surface area contributed by atoms with Crippen LogP contribution in [-0.4, -0.2) is 5.91 Å². The molecule has 0 bridgehead atoms. The highest BCUT2D eigenvalue weighted by atomic mass is 19.4. The van der Waals surface area contributed by atoms with E-state index in [2.05, 4.69) is 0 Å². The number of amides is 1. The Morgan fingerprint density at radius 3 is 2.20 bits per heavy atom. The van der Waals surface area contributed by atoms with E-state index in [1.807, 2.05) is 0 Å². The zero-order valence-corrected chi connectivity index (χ0v) is 7.23. The van der Waals surface area contributed by atoms with Crippen LogP contribution in [0.5, 0.6) is 0 Å². The lowest BCUT2D eigenvalue weighted by atomic mass is 10.0. The second-order valence-corrected chi connectivity index (χ2v) is 2.75. The van der Waals surface area contributed by atoms with Crippen LogP contribution in [-0.2, 0) is 6.18 Å². The number of hydrogen-bond donors (Lipinski definition) is 2. The monoisotopic (exact) mass is 222 g/mol. The highest BCUT2D eigenvalue weighted by Crippen LogP contribution is 2.34. The largest absolute Gasteiger partial charge is 0.417 e. The van der Waals surface area contributed by atoms with Crippen molar-refractivity contribution in [3.63, 3.8) is 0 Å². The van der Waals surface area contributed by atoms with Crippen LogP contribution < -0.4 is 11.5 Å². The van der Waals surface area contributed by atoms with Gasteiger partial charge in [0.2, 0.25) is 0 Å². The molecule has 0 saturated heterocycles. The van der Waals surface area contributed by atoms with Gasteiger partial charge in [-0.1, -0.05) is 0 Å². The van der Waals surface area contributed by atoms with Gasteiger partial charge in [0, 0.05) is 0 Å². The third-order valence-electron chi connectivity index (χ3n) is 1.74. The molecular formula is C8H6F4N2O. The lowest BCUT2D eigenvalue weighted by Gasteiger charge is -2.12. The van der Waals surface area contributed by atoms with Gasteiger partial charge in [0.1, 0.15) is 5.82 Å². The Balaban J connectivity index is 3.55. The number of benzene rings is 1. The lowest BCUT2D eigenvalue weighted by Crippen LogP contribution is -2.21. The van der Waals surface area contributed by atoms with E-state index in [4.69, 9.17) is 11.5 Å². The average molecular weight is 222 g/mol. The molecule has 3 nitrogen and oxygen atoms in total. The number of primary amides is 1. The van der Waals surface area contributed by atoms with Gasteiger partial charge in [0.25, 0.3) is 5.91 Å². The molecular weight excluding hydrogens is 216 g/mol. The molecule has 1 rings (SSSR count). The van der Waals surface area contributed by atoms with Crippen LogP contribution >= 0.6 is 0 Å². The molecule has 0 aliphatic rings. The van der Waals surface area contributed by atoms with E-state index in [9.17, 15) is 22.4 Å². The van der Waals surface area contributed by atoms with Gasteiger partial charge in [-0.2, -0.15) is 13.2 Å². The van der Waals surface area contributed by atoms with Gasteiger partial charge in [-0.25, -0.2) is 4.39 Å². The summed E-state index contributed by atoms with van der Waals surface area (Å²) in [4.78, 5) is 10.7. The summed E-state index contributed by atoms with van der Waals surface area (Å²) in [5.74, 6) is -2.53. The third kappa shape index (κ3) is 2.00. The quantitative estimate of drug-likeness (QED) is 0.558. The standard InChI is InChI=1S/C8H6F4N2O/c9-4-2-1-3(8(10,11)12)5(6(4)13)7(14)15/h1-2H,13H2,(H2,14,15). The summed E-state index contributed by atoms with van der Waals surface area (Å²) < 4.78 is 49.8. The fraction of sp³-hybridized carbons (Fsp3) is 0.125. The molecule has 1 aromatic carbocycles. The van der Waals surface area contributed by atoms with Gasteiger partial charge in [0.05, 0.1) is 16.8 Å². The van der Waals surface area contributed by atoms with Gasteiger partial charge in [-0.3, -0.25) is 4.79 Å². The molecule has 0 atom stereocenters. The van der Waals surface area contributed by atoms with E-state index in [0.717, 1.165) is 0 Å². The second kappa shape index (κ2) is 3.41. The van der Waals surface area contributed by atoms with E-state index >= 15 is 0 Å². The molecule has 0 aliphatic carbocycles. The molecule has 0 heterocycles. The lowest BCUT2D eigenvalue weighted by molar-refractivity contribution is -0.137. The van der Waals surface area contributed by atoms with Crippen molar-refractivity contribution in [2.24, 2.45) is 5.73 Å². The Hall–Kier alpha value is -1.79. The molecule has 0 fully saturated rings. The van der Waals surface area contributed by atoms with Crippen molar-refractivity contribution in [2.75, 3.05) is 5.73 Å². The number of anilines is 1. The Morgan fingerprint density at radius 1 is 1.27 bits per heavy atom. The van der Waals surface area contributed by atoms with Crippen molar-refractivity contribution >= 4 is 11.6 Å². The summed E-state index contributed by atoms with van der Waals surface area (Å²) >= 11 is 0. The summed E-state index contributed by atoms with van der Waals surface area (Å²) in [6.07, 6.45) is -4.80. The molecule has 0 spiro atoms. The van der Waals surface area contributed by atoms with E-state index in [1.165, 1.54) is 0 Å². The van der Waals surface area contributed by atoms with Crippen molar-refractivity contribution in [2.45, 2.75) is 6.18 Å². The average Bonchev–Trinajstić information content (AvgIpc) is 2.06. The van der Waals surface area contributed by atoms with Crippen molar-refractivity contribution in [3.8, 4) is 0 Å². The number of alkyl halides is 3. The zero-order valence-electron chi connectivity index (χ0n) is 7.23. The van der Waals surface area contributed by atoms with Crippen LogP contribution in [0.1, 0.15) is 15.9 Å². The van der Waals surface area contributed by atoms with Crippen LogP contribution in [0.4, 0.5) is 23.2 Å². The topological polar surface area (TPSA) is 69.1 Å². The molecule has 0 aromatic heterocycles. The van der Waals surface area contributed by atoms with Crippen molar-refractivity contribution < 1.29 is 22.4 Å². The molecule has 7 heteroatoms. The van der Waals surface area contributed by atoms with Crippen molar-refractivity contribution in [1.82, 2.24) is 0 Å². The molecule has 0 unspecified atom stereocenters. The highest BCUT2D eigenvalue weighted by Gasteiger charge is 2.36. The molecule has 0 radical (unpaired) electrons. The summed E-state index contributed by atoms with van der Waals surface area (Å²) in [5.41, 5.74) is 6.43. The van der Waals surface area contributed by atoms with Gasteiger partial charge < -0.3 is 11.5 Å². The van der Waals surface area contributed by atoms with E-state index in [-0.39, 0.29) is 0 Å². The molecule has 4 N–H and O–H groups in total. The number of nitrogen functional groups attached to an aromatic ring is 1. The maximum atomic E-state index is 12.8.